The van der Waals surface area contributed by atoms with Crippen LogP contribution in [0, 0.1) is 0 Å². The first-order valence-corrected chi connectivity index (χ1v) is 6.02. The molecular formula is C14H16ClN. The second-order valence-corrected chi connectivity index (χ2v) is 4.53. The minimum atomic E-state index is 0.226. The molecule has 0 aliphatic rings. The van der Waals surface area contributed by atoms with Gasteiger partial charge in [0.15, 0.2) is 0 Å². The van der Waals surface area contributed by atoms with E-state index in [2.05, 4.69) is 25.1 Å². The van der Waals surface area contributed by atoms with Crippen LogP contribution < -0.4 is 5.73 Å². The monoisotopic (exact) mass is 233 g/mol. The smallest absolute Gasteiger partial charge is 0.0484 e. The molecule has 0 saturated carbocycles. The number of halogens is 1. The summed E-state index contributed by atoms with van der Waals surface area (Å²) in [6, 6.07) is 12.5. The van der Waals surface area contributed by atoms with Crippen LogP contribution in [-0.2, 0) is 6.42 Å². The van der Waals surface area contributed by atoms with Crippen LogP contribution in [0.25, 0.3) is 10.8 Å². The summed E-state index contributed by atoms with van der Waals surface area (Å²) >= 11 is 6.17. The molecule has 2 heteroatoms. The first-order valence-electron chi connectivity index (χ1n) is 5.64. The third-order valence-corrected chi connectivity index (χ3v) is 3.30. The van der Waals surface area contributed by atoms with Crippen molar-refractivity contribution in [3.05, 3.63) is 47.0 Å². The van der Waals surface area contributed by atoms with Crippen LogP contribution in [-0.4, -0.2) is 6.04 Å². The molecule has 1 atom stereocenters. The van der Waals surface area contributed by atoms with E-state index in [1.54, 1.807) is 0 Å². The van der Waals surface area contributed by atoms with Gasteiger partial charge in [-0.25, -0.2) is 0 Å². The number of hydrogen-bond donors (Lipinski definition) is 1. The van der Waals surface area contributed by atoms with Gasteiger partial charge >= 0.3 is 0 Å². The normalized spacial score (nSPS) is 12.9. The Morgan fingerprint density at radius 1 is 1.12 bits per heavy atom. The van der Waals surface area contributed by atoms with Gasteiger partial charge in [-0.05, 0) is 29.9 Å². The molecule has 0 amide bonds. The maximum Gasteiger partial charge on any atom is 0.0484 e. The fourth-order valence-corrected chi connectivity index (χ4v) is 2.18. The third-order valence-electron chi connectivity index (χ3n) is 2.97. The number of fused-ring (bicyclic) bond motifs is 1. The summed E-state index contributed by atoms with van der Waals surface area (Å²) in [5, 5.41) is 3.15. The van der Waals surface area contributed by atoms with Gasteiger partial charge in [0.05, 0.1) is 0 Å². The van der Waals surface area contributed by atoms with Gasteiger partial charge in [-0.15, -0.1) is 0 Å². The zero-order chi connectivity index (χ0) is 11.5. The largest absolute Gasteiger partial charge is 0.327 e. The van der Waals surface area contributed by atoms with Crippen LogP contribution in [0.4, 0.5) is 0 Å². The molecule has 2 N–H and O–H groups in total. The zero-order valence-corrected chi connectivity index (χ0v) is 10.2. The molecule has 84 valence electrons. The van der Waals surface area contributed by atoms with Crippen LogP contribution in [0.1, 0.15) is 18.9 Å². The van der Waals surface area contributed by atoms with Crippen molar-refractivity contribution in [3.63, 3.8) is 0 Å². The average Bonchev–Trinajstić information content (AvgIpc) is 2.30. The van der Waals surface area contributed by atoms with E-state index in [-0.39, 0.29) is 6.04 Å². The van der Waals surface area contributed by atoms with Crippen LogP contribution in [0.15, 0.2) is 36.4 Å². The van der Waals surface area contributed by atoms with Crippen molar-refractivity contribution >= 4 is 22.4 Å². The predicted molar refractivity (Wildman–Crippen MR) is 70.9 cm³/mol. The lowest BCUT2D eigenvalue weighted by Crippen LogP contribution is -2.21. The van der Waals surface area contributed by atoms with Gasteiger partial charge in [0.1, 0.15) is 0 Å². The summed E-state index contributed by atoms with van der Waals surface area (Å²) in [6.07, 6.45) is 1.91. The maximum atomic E-state index is 6.17. The van der Waals surface area contributed by atoms with Gasteiger partial charge in [-0.1, -0.05) is 48.9 Å². The second kappa shape index (κ2) is 4.86. The van der Waals surface area contributed by atoms with Crippen molar-refractivity contribution in [2.24, 2.45) is 5.73 Å². The molecule has 0 aromatic heterocycles. The molecular weight excluding hydrogens is 218 g/mol. The fraction of sp³-hybridized carbons (Fsp3) is 0.286. The van der Waals surface area contributed by atoms with Crippen molar-refractivity contribution < 1.29 is 0 Å². The molecule has 0 saturated heterocycles. The van der Waals surface area contributed by atoms with Crippen molar-refractivity contribution in [2.75, 3.05) is 0 Å². The Morgan fingerprint density at radius 2 is 1.81 bits per heavy atom. The van der Waals surface area contributed by atoms with Crippen LogP contribution >= 0.6 is 11.6 Å². The first-order chi connectivity index (χ1) is 7.72. The molecule has 16 heavy (non-hydrogen) atoms. The Hall–Kier alpha value is -1.05. The molecule has 2 aromatic carbocycles. The SMILES string of the molecule is CCC(N)Cc1cccc2c(Cl)cccc12. The molecule has 0 fully saturated rings. The Labute approximate surface area is 101 Å². The lowest BCUT2D eigenvalue weighted by Gasteiger charge is -2.11. The van der Waals surface area contributed by atoms with E-state index in [0.29, 0.717) is 0 Å². The number of benzene rings is 2. The van der Waals surface area contributed by atoms with Gasteiger partial charge < -0.3 is 5.73 Å². The first kappa shape index (κ1) is 11.4. The highest BCUT2D eigenvalue weighted by Gasteiger charge is 2.06. The maximum absolute atomic E-state index is 6.17. The molecule has 2 aromatic rings. The summed E-state index contributed by atoms with van der Waals surface area (Å²) in [4.78, 5) is 0. The Bertz CT molecular complexity index is 493. The molecule has 0 radical (unpaired) electrons. The van der Waals surface area contributed by atoms with Gasteiger partial charge in [-0.2, -0.15) is 0 Å². The number of rotatable bonds is 3. The molecule has 2 rings (SSSR count). The Morgan fingerprint density at radius 3 is 2.56 bits per heavy atom. The molecule has 0 bridgehead atoms. The molecule has 1 unspecified atom stereocenters. The summed E-state index contributed by atoms with van der Waals surface area (Å²) in [6.45, 7) is 2.11. The third kappa shape index (κ3) is 2.21. The van der Waals surface area contributed by atoms with Crippen molar-refractivity contribution in [3.8, 4) is 0 Å². The van der Waals surface area contributed by atoms with E-state index in [1.807, 2.05) is 18.2 Å². The van der Waals surface area contributed by atoms with Crippen molar-refractivity contribution in [1.82, 2.24) is 0 Å². The summed E-state index contributed by atoms with van der Waals surface area (Å²) < 4.78 is 0. The van der Waals surface area contributed by atoms with Gasteiger partial charge in [0.2, 0.25) is 0 Å². The van der Waals surface area contributed by atoms with E-state index < -0.39 is 0 Å². The molecule has 1 nitrogen and oxygen atoms in total. The number of nitrogens with two attached hydrogens (primary N) is 1. The summed E-state index contributed by atoms with van der Waals surface area (Å²) in [5.74, 6) is 0. The minimum absolute atomic E-state index is 0.226. The highest BCUT2D eigenvalue weighted by Crippen LogP contribution is 2.26. The van der Waals surface area contributed by atoms with E-state index in [4.69, 9.17) is 17.3 Å². The van der Waals surface area contributed by atoms with Gasteiger partial charge in [-0.3, -0.25) is 0 Å². The topological polar surface area (TPSA) is 26.0 Å². The lowest BCUT2D eigenvalue weighted by molar-refractivity contribution is 0.649. The summed E-state index contributed by atoms with van der Waals surface area (Å²) in [5.41, 5.74) is 7.29. The van der Waals surface area contributed by atoms with E-state index >= 15 is 0 Å². The average molecular weight is 234 g/mol. The molecule has 0 aliphatic carbocycles. The lowest BCUT2D eigenvalue weighted by atomic mass is 9.98. The highest BCUT2D eigenvalue weighted by molar-refractivity contribution is 6.35. The van der Waals surface area contributed by atoms with Crippen molar-refractivity contribution in [1.29, 1.82) is 0 Å². The fourth-order valence-electron chi connectivity index (χ4n) is 1.94. The van der Waals surface area contributed by atoms with Crippen LogP contribution in [0.2, 0.25) is 5.02 Å². The Kier molecular flexibility index (Phi) is 3.47. The van der Waals surface area contributed by atoms with Crippen LogP contribution in [0.3, 0.4) is 0 Å². The second-order valence-electron chi connectivity index (χ2n) is 4.12. The minimum Gasteiger partial charge on any atom is -0.327 e. The van der Waals surface area contributed by atoms with Gasteiger partial charge in [0.25, 0.3) is 0 Å². The molecule has 0 aliphatic heterocycles. The number of hydrogen-bond acceptors (Lipinski definition) is 1. The summed E-state index contributed by atoms with van der Waals surface area (Å²) in [7, 11) is 0. The highest BCUT2D eigenvalue weighted by atomic mass is 35.5. The molecule has 0 heterocycles. The van der Waals surface area contributed by atoms with E-state index in [9.17, 15) is 0 Å². The van der Waals surface area contributed by atoms with Gasteiger partial charge in [0, 0.05) is 16.5 Å². The van der Waals surface area contributed by atoms with E-state index in [0.717, 1.165) is 23.3 Å². The Balaban J connectivity index is 2.50. The quantitative estimate of drug-likeness (QED) is 0.858. The van der Waals surface area contributed by atoms with Crippen molar-refractivity contribution in [2.45, 2.75) is 25.8 Å². The predicted octanol–water partition coefficient (Wildman–Crippen LogP) is 3.77. The molecule has 0 spiro atoms. The van der Waals surface area contributed by atoms with Crippen LogP contribution in [0.5, 0.6) is 0 Å². The standard InChI is InChI=1S/C14H16ClN/c1-2-11(16)9-10-5-3-7-13-12(10)6-4-8-14(13)15/h3-8,11H,2,9,16H2,1H3. The zero-order valence-electron chi connectivity index (χ0n) is 9.41. The van der Waals surface area contributed by atoms with E-state index in [1.165, 1.54) is 10.9 Å².